The number of aliphatic hydroxyl groups is 1. The number of hydrogen-bond acceptors (Lipinski definition) is 5. The van der Waals surface area contributed by atoms with Crippen LogP contribution in [0.2, 0.25) is 0 Å². The van der Waals surface area contributed by atoms with E-state index in [2.05, 4.69) is 4.99 Å². The number of nitrogens with two attached hydrogens (primary N) is 1. The third kappa shape index (κ3) is 3.13. The SMILES string of the molecule is CC1=NC=C(CO)C(=CN(N)C(=O)c2ccccc2)C1=O. The van der Waals surface area contributed by atoms with Crippen molar-refractivity contribution in [3.8, 4) is 0 Å². The molecule has 0 saturated carbocycles. The van der Waals surface area contributed by atoms with Crippen LogP contribution >= 0.6 is 0 Å². The van der Waals surface area contributed by atoms with Gasteiger partial charge in [-0.15, -0.1) is 0 Å². The fourth-order valence-electron chi connectivity index (χ4n) is 1.84. The van der Waals surface area contributed by atoms with Gasteiger partial charge >= 0.3 is 0 Å². The van der Waals surface area contributed by atoms with Gasteiger partial charge in [0.15, 0.2) is 0 Å². The second kappa shape index (κ2) is 6.25. The Morgan fingerprint density at radius 2 is 2.05 bits per heavy atom. The van der Waals surface area contributed by atoms with Crippen LogP contribution in [0.3, 0.4) is 0 Å². The van der Waals surface area contributed by atoms with E-state index in [1.807, 2.05) is 0 Å². The number of carbonyl (C=O) groups is 2. The molecule has 0 aliphatic carbocycles. The Kier molecular flexibility index (Phi) is 4.42. The fraction of sp³-hybridized carbons (Fsp3) is 0.133. The number of ketones is 1. The van der Waals surface area contributed by atoms with Crippen molar-refractivity contribution in [2.45, 2.75) is 6.92 Å². The highest BCUT2D eigenvalue weighted by atomic mass is 16.3. The summed E-state index contributed by atoms with van der Waals surface area (Å²) in [6.07, 6.45) is 2.61. The van der Waals surface area contributed by atoms with E-state index < -0.39 is 5.91 Å². The Labute approximate surface area is 121 Å². The molecule has 0 saturated heterocycles. The average Bonchev–Trinajstić information content (AvgIpc) is 2.52. The third-order valence-corrected chi connectivity index (χ3v) is 3.03. The number of hydrazine groups is 1. The van der Waals surface area contributed by atoms with Crippen molar-refractivity contribution in [3.63, 3.8) is 0 Å². The van der Waals surface area contributed by atoms with Gasteiger partial charge < -0.3 is 5.11 Å². The van der Waals surface area contributed by atoms with Gasteiger partial charge in [-0.2, -0.15) is 0 Å². The second-order valence-electron chi connectivity index (χ2n) is 4.48. The Bertz CT molecular complexity index is 660. The highest BCUT2D eigenvalue weighted by Gasteiger charge is 2.22. The molecule has 0 unspecified atom stereocenters. The van der Waals surface area contributed by atoms with Crippen LogP contribution in [0.1, 0.15) is 17.3 Å². The van der Waals surface area contributed by atoms with E-state index >= 15 is 0 Å². The summed E-state index contributed by atoms with van der Waals surface area (Å²) in [5.74, 6) is 4.90. The van der Waals surface area contributed by atoms with Gasteiger partial charge in [-0.1, -0.05) is 18.2 Å². The lowest BCUT2D eigenvalue weighted by Gasteiger charge is -2.17. The quantitative estimate of drug-likeness (QED) is 0.372. The van der Waals surface area contributed by atoms with Crippen LogP contribution in [0.4, 0.5) is 0 Å². The van der Waals surface area contributed by atoms with Crippen molar-refractivity contribution < 1.29 is 14.7 Å². The first-order chi connectivity index (χ1) is 10.0. The standard InChI is InChI=1S/C15H15N3O3/c1-10-14(20)13(12(9-19)7-17-10)8-18(16)15(21)11-5-3-2-4-6-11/h2-8,19H,9,16H2,1H3. The minimum Gasteiger partial charge on any atom is -0.392 e. The molecule has 0 fully saturated rings. The lowest BCUT2D eigenvalue weighted by molar-refractivity contribution is -0.109. The van der Waals surface area contributed by atoms with Crippen molar-refractivity contribution in [1.82, 2.24) is 5.01 Å². The number of rotatable bonds is 3. The van der Waals surface area contributed by atoms with Gasteiger partial charge in [-0.05, 0) is 19.1 Å². The maximum atomic E-state index is 12.1. The van der Waals surface area contributed by atoms with E-state index in [1.165, 1.54) is 12.4 Å². The number of hydrogen-bond donors (Lipinski definition) is 2. The fourth-order valence-corrected chi connectivity index (χ4v) is 1.84. The first-order valence-corrected chi connectivity index (χ1v) is 6.29. The molecule has 3 N–H and O–H groups in total. The number of aliphatic hydroxyl groups excluding tert-OH is 1. The van der Waals surface area contributed by atoms with Gasteiger partial charge in [-0.25, -0.2) is 5.84 Å². The Morgan fingerprint density at radius 1 is 1.38 bits per heavy atom. The van der Waals surface area contributed by atoms with Crippen LogP contribution in [0.15, 0.2) is 58.9 Å². The van der Waals surface area contributed by atoms with Gasteiger partial charge in [0.1, 0.15) is 0 Å². The van der Waals surface area contributed by atoms with Crippen molar-refractivity contribution >= 4 is 17.4 Å². The summed E-state index contributed by atoms with van der Waals surface area (Å²) < 4.78 is 0. The van der Waals surface area contributed by atoms with E-state index in [0.717, 1.165) is 5.01 Å². The number of aliphatic imine (C=N–C) groups is 1. The molecule has 1 aliphatic heterocycles. The molecule has 0 bridgehead atoms. The molecule has 1 amide bonds. The van der Waals surface area contributed by atoms with Crippen LogP contribution in [0, 0.1) is 0 Å². The monoisotopic (exact) mass is 285 g/mol. The summed E-state index contributed by atoms with van der Waals surface area (Å²) >= 11 is 0. The normalized spacial score (nSPS) is 16.5. The number of amides is 1. The summed E-state index contributed by atoms with van der Waals surface area (Å²) in [6.45, 7) is 1.20. The molecule has 0 radical (unpaired) electrons. The van der Waals surface area contributed by atoms with E-state index in [4.69, 9.17) is 5.84 Å². The number of Topliss-reactive ketones (excluding diaryl/α,β-unsaturated/α-hetero) is 1. The largest absolute Gasteiger partial charge is 0.392 e. The molecule has 1 aliphatic rings. The summed E-state index contributed by atoms with van der Waals surface area (Å²) in [7, 11) is 0. The summed E-state index contributed by atoms with van der Waals surface area (Å²) in [5.41, 5.74) is 1.16. The first kappa shape index (κ1) is 14.8. The maximum Gasteiger partial charge on any atom is 0.271 e. The predicted molar refractivity (Wildman–Crippen MR) is 78.2 cm³/mol. The van der Waals surface area contributed by atoms with E-state index in [0.29, 0.717) is 11.1 Å². The van der Waals surface area contributed by atoms with Crippen LogP contribution in [-0.4, -0.2) is 34.1 Å². The molecular weight excluding hydrogens is 270 g/mol. The molecule has 21 heavy (non-hydrogen) atoms. The lowest BCUT2D eigenvalue weighted by atomic mass is 9.99. The third-order valence-electron chi connectivity index (χ3n) is 3.03. The summed E-state index contributed by atoms with van der Waals surface area (Å²) in [5, 5.41) is 10.1. The molecule has 6 heteroatoms. The topological polar surface area (TPSA) is 96.0 Å². The second-order valence-corrected chi connectivity index (χ2v) is 4.48. The molecule has 0 aromatic heterocycles. The zero-order valence-corrected chi connectivity index (χ0v) is 11.5. The highest BCUT2D eigenvalue weighted by molar-refractivity contribution is 6.46. The number of carbonyl (C=O) groups excluding carboxylic acids is 2. The Hall–Kier alpha value is -2.57. The van der Waals surface area contributed by atoms with Crippen LogP contribution < -0.4 is 5.84 Å². The Morgan fingerprint density at radius 3 is 2.67 bits per heavy atom. The van der Waals surface area contributed by atoms with Gasteiger partial charge in [-0.3, -0.25) is 19.6 Å². The number of benzene rings is 1. The van der Waals surface area contributed by atoms with Crippen molar-refractivity contribution in [2.24, 2.45) is 10.8 Å². The maximum absolute atomic E-state index is 12.1. The smallest absolute Gasteiger partial charge is 0.271 e. The molecule has 1 aromatic rings. The first-order valence-electron chi connectivity index (χ1n) is 6.29. The van der Waals surface area contributed by atoms with Crippen LogP contribution in [0.5, 0.6) is 0 Å². The highest BCUT2D eigenvalue weighted by Crippen LogP contribution is 2.17. The average molecular weight is 285 g/mol. The molecule has 108 valence electrons. The Balaban J connectivity index is 2.30. The molecule has 0 atom stereocenters. The number of nitrogens with zero attached hydrogens (tertiary/aromatic N) is 2. The minimum absolute atomic E-state index is 0.164. The zero-order chi connectivity index (χ0) is 15.4. The van der Waals surface area contributed by atoms with Gasteiger partial charge in [0.05, 0.1) is 12.3 Å². The van der Waals surface area contributed by atoms with Gasteiger partial charge in [0.2, 0.25) is 5.78 Å². The zero-order valence-electron chi connectivity index (χ0n) is 11.5. The van der Waals surface area contributed by atoms with E-state index in [1.54, 1.807) is 37.3 Å². The van der Waals surface area contributed by atoms with E-state index in [9.17, 15) is 14.7 Å². The summed E-state index contributed by atoms with van der Waals surface area (Å²) in [6, 6.07) is 8.47. The molecule has 2 rings (SSSR count). The van der Waals surface area contributed by atoms with E-state index in [-0.39, 0.29) is 23.7 Å². The molecule has 1 aromatic carbocycles. The van der Waals surface area contributed by atoms with Gasteiger partial charge in [0, 0.05) is 29.1 Å². The van der Waals surface area contributed by atoms with Crippen molar-refractivity contribution in [2.75, 3.05) is 6.61 Å². The van der Waals surface area contributed by atoms with Crippen LogP contribution in [0.25, 0.3) is 0 Å². The van der Waals surface area contributed by atoms with Crippen LogP contribution in [-0.2, 0) is 4.79 Å². The van der Waals surface area contributed by atoms with Gasteiger partial charge in [0.25, 0.3) is 5.91 Å². The van der Waals surface area contributed by atoms with Crippen molar-refractivity contribution in [1.29, 1.82) is 0 Å². The molecule has 6 nitrogen and oxygen atoms in total. The molecule has 0 spiro atoms. The molecule has 1 heterocycles. The van der Waals surface area contributed by atoms with Crippen molar-refractivity contribution in [3.05, 3.63) is 59.4 Å². The minimum atomic E-state index is -0.451. The molecular formula is C15H15N3O3. The lowest BCUT2D eigenvalue weighted by Crippen LogP contribution is -2.34. The predicted octanol–water partition coefficient (Wildman–Crippen LogP) is 0.806. The summed E-state index contributed by atoms with van der Waals surface area (Å²) in [4.78, 5) is 28.1.